The molecule has 0 bridgehead atoms. The number of urea groups is 1. The van der Waals surface area contributed by atoms with Gasteiger partial charge in [-0.2, -0.15) is 0 Å². The minimum absolute atomic E-state index is 0. The van der Waals surface area contributed by atoms with Gasteiger partial charge in [0.1, 0.15) is 0 Å². The van der Waals surface area contributed by atoms with E-state index in [0.29, 0.717) is 6.54 Å². The predicted molar refractivity (Wildman–Crippen MR) is 110 cm³/mol. The molecule has 0 saturated heterocycles. The van der Waals surface area contributed by atoms with Crippen LogP contribution in [0.4, 0.5) is 10.5 Å². The second-order valence-electron chi connectivity index (χ2n) is 7.40. The molecule has 0 heterocycles. The minimum Gasteiger partial charge on any atom is -0.346 e. The SMILES string of the molecule is CC(=O)N(C)CCCS(=O)(=O)NC(=O)Nc1c2c(cc3c1CCC3)CCC2.[K]. The van der Waals surface area contributed by atoms with Gasteiger partial charge in [0.25, 0.3) is 0 Å². The number of hydrogen-bond donors (Lipinski definition) is 2. The number of aryl methyl sites for hydroxylation is 2. The fourth-order valence-corrected chi connectivity index (χ4v) is 4.89. The summed E-state index contributed by atoms with van der Waals surface area (Å²) in [5.74, 6) is -0.326. The summed E-state index contributed by atoms with van der Waals surface area (Å²) in [4.78, 5) is 25.0. The van der Waals surface area contributed by atoms with Gasteiger partial charge >= 0.3 is 6.03 Å². The van der Waals surface area contributed by atoms with Gasteiger partial charge in [0.15, 0.2) is 0 Å². The first-order valence-electron chi connectivity index (χ1n) is 9.46. The normalized spacial score (nSPS) is 14.6. The van der Waals surface area contributed by atoms with Crippen molar-refractivity contribution in [2.75, 3.05) is 24.7 Å². The van der Waals surface area contributed by atoms with Crippen molar-refractivity contribution in [2.45, 2.75) is 51.9 Å². The van der Waals surface area contributed by atoms with E-state index in [1.54, 1.807) is 7.05 Å². The summed E-state index contributed by atoms with van der Waals surface area (Å²) < 4.78 is 26.5. The van der Waals surface area contributed by atoms with Gasteiger partial charge in [-0.15, -0.1) is 0 Å². The number of anilines is 1. The van der Waals surface area contributed by atoms with Crippen LogP contribution in [0.25, 0.3) is 0 Å². The number of carbonyl (C=O) groups is 2. The van der Waals surface area contributed by atoms with Crippen LogP contribution in [0.2, 0.25) is 0 Å². The van der Waals surface area contributed by atoms with Gasteiger partial charge in [0.2, 0.25) is 15.9 Å². The van der Waals surface area contributed by atoms with Crippen molar-refractivity contribution >= 4 is 79.0 Å². The predicted octanol–water partition coefficient (Wildman–Crippen LogP) is 1.60. The Kier molecular flexibility index (Phi) is 8.54. The van der Waals surface area contributed by atoms with Gasteiger partial charge in [0, 0.05) is 77.6 Å². The van der Waals surface area contributed by atoms with E-state index in [2.05, 4.69) is 16.1 Å². The van der Waals surface area contributed by atoms with Gasteiger partial charge in [0.05, 0.1) is 5.75 Å². The first-order chi connectivity index (χ1) is 12.8. The Hall–Kier alpha value is -0.454. The summed E-state index contributed by atoms with van der Waals surface area (Å²) in [6.07, 6.45) is 6.27. The van der Waals surface area contributed by atoms with Crippen LogP contribution in [-0.2, 0) is 40.5 Å². The molecule has 0 atom stereocenters. The first kappa shape index (κ1) is 23.8. The van der Waals surface area contributed by atoms with Crippen LogP contribution >= 0.6 is 0 Å². The molecule has 28 heavy (non-hydrogen) atoms. The van der Waals surface area contributed by atoms with Crippen LogP contribution < -0.4 is 10.0 Å². The molecule has 9 heteroatoms. The summed E-state index contributed by atoms with van der Waals surface area (Å²) in [5.41, 5.74) is 5.70. The van der Waals surface area contributed by atoms with E-state index >= 15 is 0 Å². The zero-order valence-electron chi connectivity index (χ0n) is 16.9. The van der Waals surface area contributed by atoms with Crippen LogP contribution in [0.5, 0.6) is 0 Å². The number of sulfonamides is 1. The number of fused-ring (bicyclic) bond motifs is 2. The van der Waals surface area contributed by atoms with E-state index in [-0.39, 0.29) is 69.5 Å². The standard InChI is InChI=1S/C19H27N3O4S.K/c1-13(23)22(2)10-5-11-27(25,26)21-19(24)20-18-16-8-3-6-14(16)12-15-7-4-9-17(15)18;/h12H,3-11H2,1-2H3,(H2,20,21,24);. The molecule has 0 aliphatic heterocycles. The quantitative estimate of drug-likeness (QED) is 0.668. The van der Waals surface area contributed by atoms with Crippen molar-refractivity contribution in [1.29, 1.82) is 0 Å². The van der Waals surface area contributed by atoms with E-state index in [1.165, 1.54) is 23.0 Å². The van der Waals surface area contributed by atoms with Crippen molar-refractivity contribution in [2.24, 2.45) is 0 Å². The maximum atomic E-state index is 12.4. The number of rotatable bonds is 6. The number of nitrogens with zero attached hydrogens (tertiary/aromatic N) is 1. The Balaban J connectivity index is 0.00000280. The van der Waals surface area contributed by atoms with E-state index in [4.69, 9.17) is 0 Å². The van der Waals surface area contributed by atoms with Gasteiger partial charge in [-0.3, -0.25) is 4.79 Å². The van der Waals surface area contributed by atoms with Gasteiger partial charge < -0.3 is 10.2 Å². The maximum Gasteiger partial charge on any atom is 0.332 e. The average molecular weight is 433 g/mol. The molecule has 0 spiro atoms. The third-order valence-corrected chi connectivity index (χ3v) is 6.73. The Bertz CT molecular complexity index is 838. The van der Waals surface area contributed by atoms with Crippen molar-refractivity contribution in [3.63, 3.8) is 0 Å². The monoisotopic (exact) mass is 432 g/mol. The molecule has 0 aromatic heterocycles. The van der Waals surface area contributed by atoms with Crippen molar-refractivity contribution in [3.8, 4) is 0 Å². The molecule has 2 N–H and O–H groups in total. The molecule has 0 fully saturated rings. The van der Waals surface area contributed by atoms with Crippen LogP contribution in [0.1, 0.15) is 48.4 Å². The van der Waals surface area contributed by atoms with E-state index in [0.717, 1.165) is 55.3 Å². The Morgan fingerprint density at radius 2 is 1.64 bits per heavy atom. The van der Waals surface area contributed by atoms with E-state index in [1.807, 2.05) is 0 Å². The molecular formula is C19H27KN3O4S. The number of hydrogen-bond acceptors (Lipinski definition) is 4. The molecule has 1 radical (unpaired) electrons. The van der Waals surface area contributed by atoms with Crippen LogP contribution in [0.15, 0.2) is 6.07 Å². The molecule has 0 unspecified atom stereocenters. The summed E-state index contributed by atoms with van der Waals surface area (Å²) in [5, 5.41) is 2.82. The molecule has 149 valence electrons. The molecule has 2 aliphatic rings. The summed E-state index contributed by atoms with van der Waals surface area (Å²) in [6, 6.07) is 1.56. The largest absolute Gasteiger partial charge is 0.346 e. The zero-order chi connectivity index (χ0) is 19.6. The van der Waals surface area contributed by atoms with Gasteiger partial charge in [-0.05, 0) is 67.2 Å². The Morgan fingerprint density at radius 3 is 2.18 bits per heavy atom. The van der Waals surface area contributed by atoms with Crippen molar-refractivity contribution < 1.29 is 18.0 Å². The molecule has 3 amide bonds. The molecule has 1 aromatic rings. The smallest absolute Gasteiger partial charge is 0.332 e. The summed E-state index contributed by atoms with van der Waals surface area (Å²) in [7, 11) is -2.13. The zero-order valence-corrected chi connectivity index (χ0v) is 20.9. The Labute approximate surface area is 209 Å². The molecular weight excluding hydrogens is 405 g/mol. The minimum atomic E-state index is -3.75. The summed E-state index contributed by atoms with van der Waals surface area (Å²) in [6.45, 7) is 1.76. The molecule has 0 saturated carbocycles. The Morgan fingerprint density at radius 1 is 1.07 bits per heavy atom. The average Bonchev–Trinajstić information content (AvgIpc) is 3.22. The third-order valence-electron chi connectivity index (χ3n) is 5.40. The number of carbonyl (C=O) groups excluding carboxylic acids is 2. The third kappa shape index (κ3) is 5.79. The van der Waals surface area contributed by atoms with Gasteiger partial charge in [-0.25, -0.2) is 17.9 Å². The molecule has 3 rings (SSSR count). The van der Waals surface area contributed by atoms with E-state index < -0.39 is 16.1 Å². The second-order valence-corrected chi connectivity index (χ2v) is 9.25. The topological polar surface area (TPSA) is 95.6 Å². The number of nitrogens with one attached hydrogen (secondary N) is 2. The second kappa shape index (κ2) is 10.0. The van der Waals surface area contributed by atoms with Crippen LogP contribution in [0.3, 0.4) is 0 Å². The maximum absolute atomic E-state index is 12.4. The fraction of sp³-hybridized carbons (Fsp3) is 0.579. The molecule has 1 aromatic carbocycles. The number of amides is 3. The number of benzene rings is 1. The van der Waals surface area contributed by atoms with E-state index in [9.17, 15) is 18.0 Å². The van der Waals surface area contributed by atoms with Crippen LogP contribution in [0, 0.1) is 0 Å². The molecule has 7 nitrogen and oxygen atoms in total. The molecule has 2 aliphatic carbocycles. The first-order valence-corrected chi connectivity index (χ1v) is 11.1. The van der Waals surface area contributed by atoms with Crippen molar-refractivity contribution in [1.82, 2.24) is 9.62 Å². The fourth-order valence-electron chi connectivity index (χ4n) is 3.95. The van der Waals surface area contributed by atoms with Gasteiger partial charge in [-0.1, -0.05) is 6.07 Å². The summed E-state index contributed by atoms with van der Waals surface area (Å²) >= 11 is 0. The van der Waals surface area contributed by atoms with Crippen LogP contribution in [-0.4, -0.2) is 96.0 Å². The van der Waals surface area contributed by atoms with Crippen molar-refractivity contribution in [3.05, 3.63) is 28.3 Å².